The summed E-state index contributed by atoms with van der Waals surface area (Å²) >= 11 is 3.35. The standard InChI is InChI=1S/C13H16BrNO/c1-3-4-9-15-13(16)10(2)11-5-7-12(14)8-6-11/h5-8H,2-4,9H2,1H3,(H,15,16). The first-order valence-corrected chi connectivity index (χ1v) is 6.17. The lowest BCUT2D eigenvalue weighted by atomic mass is 10.1. The quantitative estimate of drug-likeness (QED) is 0.651. The van der Waals surface area contributed by atoms with E-state index in [4.69, 9.17) is 0 Å². The molecule has 1 aromatic rings. The number of unbranched alkanes of at least 4 members (excludes halogenated alkanes) is 1. The van der Waals surface area contributed by atoms with Gasteiger partial charge in [-0.3, -0.25) is 4.79 Å². The van der Waals surface area contributed by atoms with Crippen molar-refractivity contribution in [3.05, 3.63) is 40.9 Å². The molecule has 1 aromatic carbocycles. The van der Waals surface area contributed by atoms with Gasteiger partial charge in [0.25, 0.3) is 5.91 Å². The second-order valence-electron chi connectivity index (χ2n) is 3.59. The number of carbonyl (C=O) groups excluding carboxylic acids is 1. The molecule has 0 saturated heterocycles. The van der Waals surface area contributed by atoms with Gasteiger partial charge in [0.15, 0.2) is 0 Å². The van der Waals surface area contributed by atoms with Crippen LogP contribution >= 0.6 is 15.9 Å². The Morgan fingerprint density at radius 1 is 1.38 bits per heavy atom. The highest BCUT2D eigenvalue weighted by Crippen LogP contribution is 2.16. The molecule has 86 valence electrons. The molecule has 0 unspecified atom stereocenters. The lowest BCUT2D eigenvalue weighted by Gasteiger charge is -2.07. The summed E-state index contributed by atoms with van der Waals surface area (Å²) in [6, 6.07) is 7.57. The van der Waals surface area contributed by atoms with Crippen LogP contribution in [0.5, 0.6) is 0 Å². The summed E-state index contributed by atoms with van der Waals surface area (Å²) in [7, 11) is 0. The van der Waals surface area contributed by atoms with Crippen LogP contribution in [-0.4, -0.2) is 12.5 Å². The lowest BCUT2D eigenvalue weighted by molar-refractivity contribution is -0.115. The lowest BCUT2D eigenvalue weighted by Crippen LogP contribution is -2.24. The fourth-order valence-electron chi connectivity index (χ4n) is 1.27. The zero-order valence-corrected chi connectivity index (χ0v) is 11.0. The zero-order valence-electron chi connectivity index (χ0n) is 9.42. The van der Waals surface area contributed by atoms with Crippen molar-refractivity contribution < 1.29 is 4.79 Å². The molecule has 1 rings (SSSR count). The van der Waals surface area contributed by atoms with Gasteiger partial charge in [0.2, 0.25) is 0 Å². The van der Waals surface area contributed by atoms with E-state index in [0.29, 0.717) is 12.1 Å². The number of halogens is 1. The Kier molecular flexibility index (Phi) is 5.26. The first-order chi connectivity index (χ1) is 7.65. The number of amides is 1. The molecule has 0 aliphatic carbocycles. The van der Waals surface area contributed by atoms with E-state index < -0.39 is 0 Å². The molecule has 0 aliphatic rings. The van der Waals surface area contributed by atoms with E-state index in [9.17, 15) is 4.79 Å². The van der Waals surface area contributed by atoms with Crippen LogP contribution in [0, 0.1) is 0 Å². The maximum Gasteiger partial charge on any atom is 0.251 e. The van der Waals surface area contributed by atoms with Crippen LogP contribution in [0.2, 0.25) is 0 Å². The van der Waals surface area contributed by atoms with E-state index in [-0.39, 0.29) is 5.91 Å². The van der Waals surface area contributed by atoms with Gasteiger partial charge in [-0.05, 0) is 24.1 Å². The Morgan fingerprint density at radius 3 is 2.56 bits per heavy atom. The molecule has 1 amide bonds. The molecular formula is C13H16BrNO. The van der Waals surface area contributed by atoms with Crippen LogP contribution in [0.15, 0.2) is 35.3 Å². The van der Waals surface area contributed by atoms with Crippen molar-refractivity contribution in [1.82, 2.24) is 5.32 Å². The van der Waals surface area contributed by atoms with Gasteiger partial charge in [-0.2, -0.15) is 0 Å². The Hall–Kier alpha value is -1.09. The van der Waals surface area contributed by atoms with E-state index in [2.05, 4.69) is 34.7 Å². The molecule has 0 spiro atoms. The molecule has 0 saturated carbocycles. The predicted octanol–water partition coefficient (Wildman–Crippen LogP) is 3.38. The number of benzene rings is 1. The number of hydrogen-bond acceptors (Lipinski definition) is 1. The van der Waals surface area contributed by atoms with E-state index in [1.165, 1.54) is 0 Å². The summed E-state index contributed by atoms with van der Waals surface area (Å²) in [5.41, 5.74) is 1.38. The molecule has 0 heterocycles. The molecule has 0 aliphatic heterocycles. The Balaban J connectivity index is 2.57. The van der Waals surface area contributed by atoms with Gasteiger partial charge < -0.3 is 5.32 Å². The Labute approximate surface area is 105 Å². The van der Waals surface area contributed by atoms with Crippen molar-refractivity contribution >= 4 is 27.4 Å². The molecule has 2 nitrogen and oxygen atoms in total. The average Bonchev–Trinajstić information content (AvgIpc) is 2.29. The molecule has 0 bridgehead atoms. The van der Waals surface area contributed by atoms with E-state index in [0.717, 1.165) is 22.9 Å². The molecule has 0 fully saturated rings. The Bertz CT molecular complexity index is 370. The van der Waals surface area contributed by atoms with Crippen molar-refractivity contribution in [3.8, 4) is 0 Å². The average molecular weight is 282 g/mol. The number of nitrogens with one attached hydrogen (secondary N) is 1. The van der Waals surface area contributed by atoms with Gasteiger partial charge in [0.05, 0.1) is 0 Å². The number of carbonyl (C=O) groups is 1. The first kappa shape index (κ1) is 13.0. The van der Waals surface area contributed by atoms with Crippen LogP contribution in [0.1, 0.15) is 25.3 Å². The van der Waals surface area contributed by atoms with E-state index in [1.807, 2.05) is 24.3 Å². The van der Waals surface area contributed by atoms with Gasteiger partial charge in [-0.1, -0.05) is 48.0 Å². The van der Waals surface area contributed by atoms with Crippen molar-refractivity contribution in [1.29, 1.82) is 0 Å². The Morgan fingerprint density at radius 2 is 2.00 bits per heavy atom. The molecule has 0 aromatic heterocycles. The third-order valence-corrected chi connectivity index (χ3v) is 2.81. The minimum absolute atomic E-state index is 0.0872. The topological polar surface area (TPSA) is 29.1 Å². The molecule has 0 atom stereocenters. The van der Waals surface area contributed by atoms with Crippen LogP contribution in [0.25, 0.3) is 5.57 Å². The summed E-state index contributed by atoms with van der Waals surface area (Å²) in [6.45, 7) is 6.61. The molecule has 0 radical (unpaired) electrons. The van der Waals surface area contributed by atoms with Crippen LogP contribution in [-0.2, 0) is 4.79 Å². The minimum atomic E-state index is -0.0872. The normalized spacial score (nSPS) is 9.88. The fraction of sp³-hybridized carbons (Fsp3) is 0.308. The molecule has 1 N–H and O–H groups in total. The second kappa shape index (κ2) is 6.48. The number of rotatable bonds is 5. The fourth-order valence-corrected chi connectivity index (χ4v) is 1.53. The van der Waals surface area contributed by atoms with E-state index in [1.54, 1.807) is 0 Å². The third-order valence-electron chi connectivity index (χ3n) is 2.28. The largest absolute Gasteiger partial charge is 0.352 e. The summed E-state index contributed by atoms with van der Waals surface area (Å²) < 4.78 is 0.996. The van der Waals surface area contributed by atoms with Crippen molar-refractivity contribution in [2.45, 2.75) is 19.8 Å². The zero-order chi connectivity index (χ0) is 12.0. The monoisotopic (exact) mass is 281 g/mol. The minimum Gasteiger partial charge on any atom is -0.352 e. The second-order valence-corrected chi connectivity index (χ2v) is 4.51. The highest BCUT2D eigenvalue weighted by molar-refractivity contribution is 9.10. The van der Waals surface area contributed by atoms with Gasteiger partial charge in [-0.15, -0.1) is 0 Å². The molecule has 3 heteroatoms. The highest BCUT2D eigenvalue weighted by Gasteiger charge is 2.07. The number of hydrogen-bond donors (Lipinski definition) is 1. The van der Waals surface area contributed by atoms with E-state index >= 15 is 0 Å². The molecular weight excluding hydrogens is 266 g/mol. The van der Waals surface area contributed by atoms with Crippen molar-refractivity contribution in [2.75, 3.05) is 6.54 Å². The van der Waals surface area contributed by atoms with Crippen molar-refractivity contribution in [3.63, 3.8) is 0 Å². The van der Waals surface area contributed by atoms with Crippen molar-refractivity contribution in [2.24, 2.45) is 0 Å². The highest BCUT2D eigenvalue weighted by atomic mass is 79.9. The SMILES string of the molecule is C=C(C(=O)NCCCC)c1ccc(Br)cc1. The van der Waals surface area contributed by atoms with Crippen LogP contribution in [0.3, 0.4) is 0 Å². The van der Waals surface area contributed by atoms with Gasteiger partial charge in [0.1, 0.15) is 0 Å². The summed E-state index contributed by atoms with van der Waals surface area (Å²) in [5.74, 6) is -0.0872. The molecule has 16 heavy (non-hydrogen) atoms. The summed E-state index contributed by atoms with van der Waals surface area (Å²) in [6.07, 6.45) is 2.07. The predicted molar refractivity (Wildman–Crippen MR) is 71.1 cm³/mol. The van der Waals surface area contributed by atoms with Gasteiger partial charge in [-0.25, -0.2) is 0 Å². The summed E-state index contributed by atoms with van der Waals surface area (Å²) in [4.78, 5) is 11.7. The van der Waals surface area contributed by atoms with Gasteiger partial charge >= 0.3 is 0 Å². The first-order valence-electron chi connectivity index (χ1n) is 5.38. The van der Waals surface area contributed by atoms with Gasteiger partial charge in [0, 0.05) is 16.6 Å². The third kappa shape index (κ3) is 3.81. The summed E-state index contributed by atoms with van der Waals surface area (Å²) in [5, 5.41) is 2.85. The van der Waals surface area contributed by atoms with Crippen LogP contribution in [0.4, 0.5) is 0 Å². The smallest absolute Gasteiger partial charge is 0.251 e. The van der Waals surface area contributed by atoms with Crippen LogP contribution < -0.4 is 5.32 Å². The maximum atomic E-state index is 11.7. The maximum absolute atomic E-state index is 11.7.